The first-order valence-electron chi connectivity index (χ1n) is 8.72. The Morgan fingerprint density at radius 2 is 2.00 bits per heavy atom. The van der Waals surface area contributed by atoms with E-state index in [1.54, 1.807) is 13.1 Å². The average molecular weight is 464 g/mol. The van der Waals surface area contributed by atoms with E-state index in [9.17, 15) is 17.6 Å². The van der Waals surface area contributed by atoms with Gasteiger partial charge in [0.15, 0.2) is 5.82 Å². The largest absolute Gasteiger partial charge is 0.451 e. The minimum atomic E-state index is -4.64. The summed E-state index contributed by atoms with van der Waals surface area (Å²) in [6.07, 6.45) is -3.00. The zero-order valence-corrected chi connectivity index (χ0v) is 16.9. The van der Waals surface area contributed by atoms with Crippen LogP contribution in [0, 0.1) is 5.82 Å². The zero-order chi connectivity index (χ0) is 21.6. The fourth-order valence-electron chi connectivity index (χ4n) is 3.19. The summed E-state index contributed by atoms with van der Waals surface area (Å²) in [6.45, 7) is 1.30. The maximum atomic E-state index is 13.9. The summed E-state index contributed by atoms with van der Waals surface area (Å²) < 4.78 is 52.5. The van der Waals surface area contributed by atoms with Gasteiger partial charge in [-0.25, -0.2) is 9.37 Å². The van der Waals surface area contributed by atoms with Crippen LogP contribution >= 0.6 is 23.2 Å². The van der Waals surface area contributed by atoms with Crippen LogP contribution in [-0.2, 0) is 12.7 Å². The highest BCUT2D eigenvalue weighted by Gasteiger charge is 2.36. The number of nitrogens with one attached hydrogen (secondary N) is 3. The first kappa shape index (κ1) is 20.6. The Morgan fingerprint density at radius 3 is 2.70 bits per heavy atom. The molecule has 2 aliphatic heterocycles. The Bertz CT molecular complexity index is 1050. The van der Waals surface area contributed by atoms with Gasteiger partial charge in [-0.1, -0.05) is 23.2 Å². The summed E-state index contributed by atoms with van der Waals surface area (Å²) in [4.78, 5) is 5.43. The number of aromatic amines is 1. The number of nitrogens with zero attached hydrogens (tertiary/aromatic N) is 4. The minimum Gasteiger partial charge on any atom is -0.367 e. The molecule has 1 aromatic carbocycles. The van der Waals surface area contributed by atoms with Crippen molar-refractivity contribution in [2.75, 3.05) is 20.1 Å². The second-order valence-electron chi connectivity index (χ2n) is 6.64. The molecule has 0 fully saturated rings. The van der Waals surface area contributed by atoms with E-state index in [1.807, 2.05) is 10.00 Å². The molecule has 3 N–H and O–H groups in total. The van der Waals surface area contributed by atoms with Gasteiger partial charge < -0.3 is 10.2 Å². The number of H-pyrrole nitrogens is 1. The molecule has 0 radical (unpaired) electrons. The van der Waals surface area contributed by atoms with Gasteiger partial charge in [0.2, 0.25) is 5.82 Å². The maximum Gasteiger partial charge on any atom is 0.451 e. The number of aromatic nitrogens is 3. The maximum absolute atomic E-state index is 13.9. The quantitative estimate of drug-likeness (QED) is 0.479. The smallest absolute Gasteiger partial charge is 0.367 e. The predicted molar refractivity (Wildman–Crippen MR) is 102 cm³/mol. The third-order valence-corrected chi connectivity index (χ3v) is 5.43. The molecule has 0 spiro atoms. The van der Waals surface area contributed by atoms with Crippen LogP contribution in [0.3, 0.4) is 0 Å². The third kappa shape index (κ3) is 3.74. The van der Waals surface area contributed by atoms with Gasteiger partial charge in [0, 0.05) is 37.3 Å². The highest BCUT2D eigenvalue weighted by Crippen LogP contribution is 2.33. The van der Waals surface area contributed by atoms with Crippen LogP contribution in [0.2, 0.25) is 10.0 Å². The summed E-state index contributed by atoms with van der Waals surface area (Å²) in [7, 11) is 1.63. The van der Waals surface area contributed by atoms with Gasteiger partial charge in [0.05, 0.1) is 10.7 Å². The molecule has 3 heterocycles. The van der Waals surface area contributed by atoms with E-state index in [4.69, 9.17) is 23.2 Å². The normalized spacial score (nSPS) is 16.8. The van der Waals surface area contributed by atoms with Crippen LogP contribution in [0.4, 0.5) is 17.6 Å². The first-order chi connectivity index (χ1) is 14.1. The number of hydrogen-bond acceptors (Lipinski definition) is 6. The first-order valence-corrected chi connectivity index (χ1v) is 9.48. The highest BCUT2D eigenvalue weighted by atomic mass is 35.5. The van der Waals surface area contributed by atoms with Crippen molar-refractivity contribution >= 4 is 28.9 Å². The van der Waals surface area contributed by atoms with E-state index in [0.717, 1.165) is 0 Å². The Hall–Kier alpha value is -2.66. The molecule has 2 aliphatic rings. The van der Waals surface area contributed by atoms with Gasteiger partial charge >= 0.3 is 6.18 Å². The van der Waals surface area contributed by atoms with Gasteiger partial charge in [0.25, 0.3) is 0 Å². The average Bonchev–Trinajstić information content (AvgIpc) is 3.18. The zero-order valence-electron chi connectivity index (χ0n) is 15.4. The number of hydrazine groups is 1. The molecule has 4 rings (SSSR count). The van der Waals surface area contributed by atoms with Gasteiger partial charge in [-0.05, 0) is 18.2 Å². The van der Waals surface area contributed by atoms with Gasteiger partial charge in [-0.3, -0.25) is 15.5 Å². The molecule has 0 aliphatic carbocycles. The van der Waals surface area contributed by atoms with Crippen molar-refractivity contribution in [1.82, 2.24) is 35.8 Å². The molecule has 7 nitrogen and oxygen atoms in total. The molecule has 1 aromatic heterocycles. The van der Waals surface area contributed by atoms with Crippen LogP contribution in [0.25, 0.3) is 5.70 Å². The lowest BCUT2D eigenvalue weighted by atomic mass is 10.1. The highest BCUT2D eigenvalue weighted by molar-refractivity contribution is 6.36. The topological polar surface area (TPSA) is 72.1 Å². The minimum absolute atomic E-state index is 0.0722. The summed E-state index contributed by atoms with van der Waals surface area (Å²) in [6, 6.07) is 2.61. The van der Waals surface area contributed by atoms with Crippen LogP contribution < -0.4 is 10.7 Å². The van der Waals surface area contributed by atoms with Crippen LogP contribution in [0.5, 0.6) is 0 Å². The molecule has 0 amide bonds. The lowest BCUT2D eigenvalue weighted by Gasteiger charge is -2.39. The molecular weight excluding hydrogens is 449 g/mol. The monoisotopic (exact) mass is 463 g/mol. The van der Waals surface area contributed by atoms with E-state index in [2.05, 4.69) is 20.8 Å². The number of alkyl halides is 3. The molecule has 0 unspecified atom stereocenters. The van der Waals surface area contributed by atoms with E-state index in [0.29, 0.717) is 40.9 Å². The number of allylic oxidation sites excluding steroid dienone is 1. The molecule has 0 bridgehead atoms. The van der Waals surface area contributed by atoms with Crippen molar-refractivity contribution < 1.29 is 17.6 Å². The van der Waals surface area contributed by atoms with Crippen molar-refractivity contribution in [1.29, 1.82) is 0 Å². The number of halogens is 6. The fourth-order valence-corrected chi connectivity index (χ4v) is 3.68. The molecule has 0 atom stereocenters. The van der Waals surface area contributed by atoms with Crippen LogP contribution in [-0.4, -0.2) is 45.2 Å². The third-order valence-electron chi connectivity index (χ3n) is 4.67. The lowest BCUT2D eigenvalue weighted by Crippen LogP contribution is -2.49. The Morgan fingerprint density at radius 1 is 1.23 bits per heavy atom. The van der Waals surface area contributed by atoms with Crippen molar-refractivity contribution in [3.8, 4) is 0 Å². The summed E-state index contributed by atoms with van der Waals surface area (Å²) >= 11 is 12.3. The van der Waals surface area contributed by atoms with Crippen molar-refractivity contribution in [3.05, 3.63) is 62.8 Å². The second-order valence-corrected chi connectivity index (χ2v) is 7.42. The second kappa shape index (κ2) is 7.55. The molecular formula is C17H15Cl2F4N7. The lowest BCUT2D eigenvalue weighted by molar-refractivity contribution is -0.144. The van der Waals surface area contributed by atoms with E-state index in [1.165, 1.54) is 17.1 Å². The summed E-state index contributed by atoms with van der Waals surface area (Å²) in [5, 5.41) is 10.5. The number of rotatable bonds is 3. The van der Waals surface area contributed by atoms with Gasteiger partial charge in [0.1, 0.15) is 17.3 Å². The van der Waals surface area contributed by atoms with Crippen LogP contribution in [0.15, 0.2) is 29.7 Å². The predicted octanol–water partition coefficient (Wildman–Crippen LogP) is 3.33. The molecule has 0 saturated heterocycles. The fraction of sp³-hybridized carbons (Fsp3) is 0.294. The van der Waals surface area contributed by atoms with E-state index in [-0.39, 0.29) is 17.4 Å². The Labute approximate surface area is 178 Å². The SMILES string of the molecule is CN1NC2=C(C=C1c1n[nH]c(C(F)(F)F)n1)N(Cc1c(Cl)ccc(F)c1Cl)CCN2. The van der Waals surface area contributed by atoms with Crippen LogP contribution in [0.1, 0.15) is 17.2 Å². The summed E-state index contributed by atoms with van der Waals surface area (Å²) in [5.41, 5.74) is 4.40. The number of benzene rings is 1. The van der Waals surface area contributed by atoms with Gasteiger partial charge in [-0.2, -0.15) is 18.3 Å². The Balaban J connectivity index is 1.69. The number of hydrogen-bond donors (Lipinski definition) is 3. The Kier molecular flexibility index (Phi) is 5.18. The standard InChI is InChI=1S/C17H15Cl2F4N7/c1-29-11(15-25-16(27-26-15)17(21,22)23)6-12-14(28-29)24-4-5-30(12)7-8-9(18)2-3-10(20)13(8)19/h2-3,6,24,28H,4-5,7H2,1H3,(H,25,26,27). The molecule has 13 heteroatoms. The molecule has 0 saturated carbocycles. The van der Waals surface area contributed by atoms with Crippen molar-refractivity contribution in [2.24, 2.45) is 0 Å². The van der Waals surface area contributed by atoms with Crippen molar-refractivity contribution in [2.45, 2.75) is 12.7 Å². The molecule has 30 heavy (non-hydrogen) atoms. The van der Waals surface area contributed by atoms with Crippen molar-refractivity contribution in [3.63, 3.8) is 0 Å². The molecule has 2 aromatic rings. The molecule has 160 valence electrons. The summed E-state index contributed by atoms with van der Waals surface area (Å²) in [5.74, 6) is -1.28. The van der Waals surface area contributed by atoms with E-state index >= 15 is 0 Å². The van der Waals surface area contributed by atoms with Gasteiger partial charge in [-0.15, -0.1) is 0 Å². The van der Waals surface area contributed by atoms with E-state index < -0.39 is 17.8 Å².